The second-order valence-corrected chi connectivity index (χ2v) is 5.18. The van der Waals surface area contributed by atoms with E-state index in [2.05, 4.69) is 17.3 Å². The Balaban J connectivity index is 2.15. The van der Waals surface area contributed by atoms with Crippen LogP contribution in [0, 0.1) is 0 Å². The Morgan fingerprint density at radius 2 is 2.33 bits per heavy atom. The molecule has 1 saturated heterocycles. The fraction of sp³-hybridized carbons (Fsp3) is 0.462. The van der Waals surface area contributed by atoms with Gasteiger partial charge in [0.25, 0.3) is 0 Å². The van der Waals surface area contributed by atoms with Crippen molar-refractivity contribution >= 4 is 23.3 Å². The number of nitrogens with zero attached hydrogens (tertiary/aromatic N) is 1. The number of aromatic carboxylic acids is 1. The second-order valence-electron chi connectivity index (χ2n) is 4.74. The van der Waals surface area contributed by atoms with Gasteiger partial charge in [-0.15, -0.1) is 0 Å². The summed E-state index contributed by atoms with van der Waals surface area (Å²) in [6.45, 7) is 2.03. The average Bonchev–Trinajstić information content (AvgIpc) is 2.31. The zero-order chi connectivity index (χ0) is 13.1. The number of likely N-dealkylation sites (tertiary alicyclic amines) is 1. The van der Waals surface area contributed by atoms with Gasteiger partial charge in [0.2, 0.25) is 0 Å². The maximum Gasteiger partial charge on any atom is 0.337 e. The predicted molar refractivity (Wildman–Crippen MR) is 72.6 cm³/mol. The number of rotatable bonds is 3. The van der Waals surface area contributed by atoms with E-state index >= 15 is 0 Å². The summed E-state index contributed by atoms with van der Waals surface area (Å²) in [5.74, 6) is -0.954. The van der Waals surface area contributed by atoms with Crippen LogP contribution in [0.5, 0.6) is 0 Å². The molecular weight excluding hydrogens is 252 g/mol. The van der Waals surface area contributed by atoms with Crippen LogP contribution in [0.15, 0.2) is 18.2 Å². The zero-order valence-corrected chi connectivity index (χ0v) is 11.1. The molecule has 1 unspecified atom stereocenters. The van der Waals surface area contributed by atoms with Gasteiger partial charge in [0.15, 0.2) is 0 Å². The van der Waals surface area contributed by atoms with Crippen LogP contribution < -0.4 is 5.32 Å². The lowest BCUT2D eigenvalue weighted by Crippen LogP contribution is -2.40. The summed E-state index contributed by atoms with van der Waals surface area (Å²) >= 11 is 5.83. The number of piperidine rings is 1. The van der Waals surface area contributed by atoms with Crippen molar-refractivity contribution in [2.24, 2.45) is 0 Å². The lowest BCUT2D eigenvalue weighted by atomic mass is 10.0. The number of anilines is 1. The highest BCUT2D eigenvalue weighted by Gasteiger charge is 2.19. The van der Waals surface area contributed by atoms with Crippen LogP contribution in [0.2, 0.25) is 5.02 Å². The third kappa shape index (κ3) is 3.15. The molecule has 4 nitrogen and oxygen atoms in total. The number of benzene rings is 1. The highest BCUT2D eigenvalue weighted by atomic mass is 35.5. The topological polar surface area (TPSA) is 52.6 Å². The van der Waals surface area contributed by atoms with Gasteiger partial charge in [0, 0.05) is 23.3 Å². The van der Waals surface area contributed by atoms with E-state index in [0.29, 0.717) is 16.8 Å². The summed E-state index contributed by atoms with van der Waals surface area (Å²) in [6.07, 6.45) is 2.19. The number of nitrogens with one attached hydrogen (secondary N) is 1. The van der Waals surface area contributed by atoms with Gasteiger partial charge in [-0.2, -0.15) is 0 Å². The quantitative estimate of drug-likeness (QED) is 0.885. The molecule has 98 valence electrons. The molecule has 0 saturated carbocycles. The molecule has 1 aromatic carbocycles. The summed E-state index contributed by atoms with van der Waals surface area (Å²) in [7, 11) is 2.08. The monoisotopic (exact) mass is 268 g/mol. The van der Waals surface area contributed by atoms with Crippen molar-refractivity contribution in [3.05, 3.63) is 28.8 Å². The van der Waals surface area contributed by atoms with Gasteiger partial charge in [0.1, 0.15) is 0 Å². The fourth-order valence-corrected chi connectivity index (χ4v) is 2.50. The van der Waals surface area contributed by atoms with Crippen LogP contribution in [0.4, 0.5) is 5.69 Å². The summed E-state index contributed by atoms with van der Waals surface area (Å²) < 4.78 is 0. The molecule has 1 aliphatic rings. The molecule has 18 heavy (non-hydrogen) atoms. The van der Waals surface area contributed by atoms with E-state index < -0.39 is 5.97 Å². The van der Waals surface area contributed by atoms with Crippen molar-refractivity contribution in [2.75, 3.05) is 25.5 Å². The highest BCUT2D eigenvalue weighted by molar-refractivity contribution is 6.31. The Kier molecular flexibility index (Phi) is 4.09. The Morgan fingerprint density at radius 3 is 3.00 bits per heavy atom. The number of likely N-dealkylation sites (N-methyl/N-ethyl adjacent to an activating group) is 1. The van der Waals surface area contributed by atoms with Crippen molar-refractivity contribution in [3.63, 3.8) is 0 Å². The van der Waals surface area contributed by atoms with E-state index in [-0.39, 0.29) is 5.56 Å². The molecule has 1 heterocycles. The minimum Gasteiger partial charge on any atom is -0.478 e. The van der Waals surface area contributed by atoms with Gasteiger partial charge in [-0.3, -0.25) is 0 Å². The molecule has 2 rings (SSSR count). The molecule has 1 atom stereocenters. The van der Waals surface area contributed by atoms with Gasteiger partial charge in [-0.25, -0.2) is 4.79 Å². The maximum atomic E-state index is 11.2. The van der Waals surface area contributed by atoms with Crippen molar-refractivity contribution in [2.45, 2.75) is 18.9 Å². The summed E-state index contributed by atoms with van der Waals surface area (Å²) in [5.41, 5.74) is 0.878. The largest absolute Gasteiger partial charge is 0.478 e. The number of hydrogen-bond donors (Lipinski definition) is 2. The number of carboxylic acids is 1. The molecule has 2 N–H and O–H groups in total. The molecule has 1 fully saturated rings. The van der Waals surface area contributed by atoms with Crippen molar-refractivity contribution in [1.29, 1.82) is 0 Å². The van der Waals surface area contributed by atoms with Crippen molar-refractivity contribution in [1.82, 2.24) is 4.90 Å². The Labute approximate surface area is 112 Å². The van der Waals surface area contributed by atoms with Crippen LogP contribution in [0.1, 0.15) is 23.2 Å². The number of carboxylic acid groups (broad SMARTS) is 1. The molecule has 0 spiro atoms. The molecular formula is C13H17ClN2O2. The van der Waals surface area contributed by atoms with E-state index in [1.165, 1.54) is 6.07 Å². The normalized spacial score (nSPS) is 20.7. The first-order valence-electron chi connectivity index (χ1n) is 6.04. The van der Waals surface area contributed by atoms with Crippen molar-refractivity contribution < 1.29 is 9.90 Å². The van der Waals surface area contributed by atoms with E-state index in [4.69, 9.17) is 16.7 Å². The van der Waals surface area contributed by atoms with Crippen LogP contribution in [-0.4, -0.2) is 42.2 Å². The molecule has 0 radical (unpaired) electrons. The SMILES string of the molecule is CN1CCCC(Nc2ccc(Cl)cc2C(=O)O)C1. The first kappa shape index (κ1) is 13.2. The Hall–Kier alpha value is -1.26. The van der Waals surface area contributed by atoms with Gasteiger partial charge in [-0.1, -0.05) is 11.6 Å². The fourth-order valence-electron chi connectivity index (χ4n) is 2.32. The lowest BCUT2D eigenvalue weighted by Gasteiger charge is -2.31. The molecule has 0 bridgehead atoms. The van der Waals surface area contributed by atoms with Crippen LogP contribution in [0.25, 0.3) is 0 Å². The van der Waals surface area contributed by atoms with E-state index in [1.807, 2.05) is 0 Å². The zero-order valence-electron chi connectivity index (χ0n) is 10.3. The van der Waals surface area contributed by atoms with E-state index in [9.17, 15) is 4.79 Å². The van der Waals surface area contributed by atoms with Gasteiger partial charge in [-0.05, 0) is 44.6 Å². The van der Waals surface area contributed by atoms with Crippen LogP contribution in [-0.2, 0) is 0 Å². The van der Waals surface area contributed by atoms with Crippen molar-refractivity contribution in [3.8, 4) is 0 Å². The van der Waals surface area contributed by atoms with Crippen LogP contribution in [0.3, 0.4) is 0 Å². The average molecular weight is 269 g/mol. The van der Waals surface area contributed by atoms with Gasteiger partial charge >= 0.3 is 5.97 Å². The van der Waals surface area contributed by atoms with Crippen LogP contribution >= 0.6 is 11.6 Å². The first-order chi connectivity index (χ1) is 8.56. The third-order valence-corrected chi connectivity index (χ3v) is 3.43. The van der Waals surface area contributed by atoms with E-state index in [1.54, 1.807) is 12.1 Å². The molecule has 1 aromatic rings. The van der Waals surface area contributed by atoms with Gasteiger partial charge in [0.05, 0.1) is 5.56 Å². The number of halogens is 1. The van der Waals surface area contributed by atoms with E-state index in [0.717, 1.165) is 25.9 Å². The summed E-state index contributed by atoms with van der Waals surface area (Å²) in [5, 5.41) is 12.9. The maximum absolute atomic E-state index is 11.2. The molecule has 1 aliphatic heterocycles. The summed E-state index contributed by atoms with van der Waals surface area (Å²) in [4.78, 5) is 13.4. The highest BCUT2D eigenvalue weighted by Crippen LogP contribution is 2.23. The molecule has 0 aliphatic carbocycles. The number of carbonyl (C=O) groups is 1. The minimum atomic E-state index is -0.954. The van der Waals surface area contributed by atoms with Gasteiger partial charge < -0.3 is 15.3 Å². The Bertz CT molecular complexity index is 451. The smallest absolute Gasteiger partial charge is 0.337 e. The minimum absolute atomic E-state index is 0.232. The lowest BCUT2D eigenvalue weighted by molar-refractivity contribution is 0.0698. The third-order valence-electron chi connectivity index (χ3n) is 3.20. The number of hydrogen-bond acceptors (Lipinski definition) is 3. The Morgan fingerprint density at radius 1 is 1.56 bits per heavy atom. The molecule has 0 amide bonds. The second kappa shape index (κ2) is 5.59. The summed E-state index contributed by atoms with van der Waals surface area (Å²) in [6, 6.07) is 5.23. The predicted octanol–water partition coefficient (Wildman–Crippen LogP) is 2.54. The molecule has 0 aromatic heterocycles. The first-order valence-corrected chi connectivity index (χ1v) is 6.42. The molecule has 5 heteroatoms. The standard InChI is InChI=1S/C13H17ClN2O2/c1-16-6-2-3-10(8-16)15-12-5-4-9(14)7-11(12)13(17)18/h4-5,7,10,15H,2-3,6,8H2,1H3,(H,17,18).